The molecule has 0 fully saturated rings. The second kappa shape index (κ2) is 7.22. The summed E-state index contributed by atoms with van der Waals surface area (Å²) >= 11 is 1.77. The van der Waals surface area contributed by atoms with Crippen molar-refractivity contribution >= 4 is 17.4 Å². The van der Waals surface area contributed by atoms with Gasteiger partial charge in [-0.1, -0.05) is 0 Å². The van der Waals surface area contributed by atoms with E-state index in [1.54, 1.807) is 16.7 Å². The van der Waals surface area contributed by atoms with E-state index < -0.39 is 0 Å². The van der Waals surface area contributed by atoms with Gasteiger partial charge in [-0.05, 0) is 0 Å². The van der Waals surface area contributed by atoms with Crippen LogP contribution in [0.4, 0.5) is 0 Å². The molecule has 3 rings (SSSR count). The molecule has 3 aromatic rings. The molecule has 0 amide bonds. The molecule has 23 heavy (non-hydrogen) atoms. The van der Waals surface area contributed by atoms with E-state index in [0.717, 1.165) is 19.3 Å². The number of benzene rings is 1. The fourth-order valence-corrected chi connectivity index (χ4v) is 4.18. The van der Waals surface area contributed by atoms with Gasteiger partial charge in [0.1, 0.15) is 0 Å². The summed E-state index contributed by atoms with van der Waals surface area (Å²) in [5.74, 6) is 0. The van der Waals surface area contributed by atoms with Crippen molar-refractivity contribution in [2.45, 2.75) is 40.0 Å². The summed E-state index contributed by atoms with van der Waals surface area (Å²) in [5, 5.41) is 2.25. The summed E-state index contributed by atoms with van der Waals surface area (Å²) in [4.78, 5) is 4.14. The van der Waals surface area contributed by atoms with Crippen molar-refractivity contribution in [2.75, 3.05) is 0 Å². The predicted molar refractivity (Wildman–Crippen MR) is 102 cm³/mol. The standard InChI is InChI=1S/C20H22BNS/c1-4-14-11-17(12-15(5-2)18(14)6-3)20-19(13-23-21-20)16-7-9-22-10-8-16/h7-13H,4-6H2,1-3H3. The van der Waals surface area contributed by atoms with Crippen LogP contribution in [-0.2, 0) is 19.3 Å². The van der Waals surface area contributed by atoms with E-state index in [4.69, 9.17) is 0 Å². The summed E-state index contributed by atoms with van der Waals surface area (Å²) in [6, 6.07) is 8.97. The molecular formula is C20H22BNS. The van der Waals surface area contributed by atoms with E-state index in [-0.39, 0.29) is 0 Å². The molecule has 0 atom stereocenters. The third-order valence-electron chi connectivity index (χ3n) is 4.51. The number of aromatic nitrogens is 1. The Balaban J connectivity index is 2.15. The summed E-state index contributed by atoms with van der Waals surface area (Å²) in [5.41, 5.74) is 9.77. The van der Waals surface area contributed by atoms with Crippen molar-refractivity contribution in [3.8, 4) is 22.1 Å². The van der Waals surface area contributed by atoms with Crippen molar-refractivity contribution < 1.29 is 0 Å². The zero-order valence-electron chi connectivity index (χ0n) is 14.1. The monoisotopic (exact) mass is 319 g/mol. The van der Waals surface area contributed by atoms with Gasteiger partial charge in [0.2, 0.25) is 0 Å². The molecule has 0 aliphatic carbocycles. The Kier molecular flexibility index (Phi) is 5.07. The minimum absolute atomic E-state index is 1.10. The Morgan fingerprint density at radius 3 is 2.13 bits per heavy atom. The molecule has 0 saturated carbocycles. The fraction of sp³-hybridized carbons (Fsp3) is 0.300. The first-order valence-electron chi connectivity index (χ1n) is 8.40. The van der Waals surface area contributed by atoms with Gasteiger partial charge in [0.05, 0.1) is 0 Å². The van der Waals surface area contributed by atoms with Crippen LogP contribution in [0.2, 0.25) is 0 Å². The second-order valence-electron chi connectivity index (χ2n) is 5.77. The molecule has 0 aliphatic heterocycles. The molecule has 0 radical (unpaired) electrons. The fourth-order valence-electron chi connectivity index (χ4n) is 3.31. The molecule has 1 nitrogen and oxygen atoms in total. The summed E-state index contributed by atoms with van der Waals surface area (Å²) < 4.78 is 0. The third kappa shape index (κ3) is 3.16. The van der Waals surface area contributed by atoms with Gasteiger partial charge >= 0.3 is 143 Å². The Labute approximate surface area is 143 Å². The van der Waals surface area contributed by atoms with E-state index in [9.17, 15) is 0 Å². The van der Waals surface area contributed by atoms with Crippen molar-refractivity contribution in [1.82, 2.24) is 4.98 Å². The van der Waals surface area contributed by atoms with E-state index >= 15 is 0 Å². The molecule has 3 heteroatoms. The van der Waals surface area contributed by atoms with Gasteiger partial charge in [0.25, 0.3) is 0 Å². The van der Waals surface area contributed by atoms with Crippen LogP contribution in [0, 0.1) is 0 Å². The zero-order chi connectivity index (χ0) is 16.2. The average Bonchev–Trinajstić information content (AvgIpc) is 3.10. The first kappa shape index (κ1) is 16.1. The quantitative estimate of drug-likeness (QED) is 0.605. The number of hydrogen-bond donors (Lipinski definition) is 0. The normalized spacial score (nSPS) is 10.7. The molecule has 0 bridgehead atoms. The first-order valence-corrected chi connectivity index (χ1v) is 9.34. The van der Waals surface area contributed by atoms with Crippen LogP contribution in [0.15, 0.2) is 42.0 Å². The zero-order valence-corrected chi connectivity index (χ0v) is 14.9. The van der Waals surface area contributed by atoms with Crippen LogP contribution < -0.4 is 0 Å². The maximum absolute atomic E-state index is 4.14. The van der Waals surface area contributed by atoms with Crippen molar-refractivity contribution in [3.05, 3.63) is 58.7 Å². The molecule has 0 saturated heterocycles. The van der Waals surface area contributed by atoms with Crippen LogP contribution in [0.3, 0.4) is 0 Å². The van der Waals surface area contributed by atoms with Gasteiger partial charge in [-0.3, -0.25) is 0 Å². The number of pyridine rings is 1. The third-order valence-corrected chi connectivity index (χ3v) is 5.26. The van der Waals surface area contributed by atoms with Crippen LogP contribution in [0.1, 0.15) is 37.5 Å². The van der Waals surface area contributed by atoms with Gasteiger partial charge < -0.3 is 0 Å². The second-order valence-corrected chi connectivity index (χ2v) is 6.51. The molecule has 0 unspecified atom stereocenters. The molecule has 2 aromatic heterocycles. The summed E-state index contributed by atoms with van der Waals surface area (Å²) in [7, 11) is 0. The van der Waals surface area contributed by atoms with E-state index in [1.807, 2.05) is 12.4 Å². The SMILES string of the molecule is CCc1cc(-c2bscc2-c2ccncc2)cc(CC)c1CC. The van der Waals surface area contributed by atoms with Crippen LogP contribution >= 0.6 is 11.2 Å². The van der Waals surface area contributed by atoms with Crippen LogP contribution in [0.5, 0.6) is 0 Å². The Hall–Kier alpha value is -1.74. The van der Waals surface area contributed by atoms with Gasteiger partial charge in [-0.25, -0.2) is 0 Å². The summed E-state index contributed by atoms with van der Waals surface area (Å²) in [6.45, 7) is 6.78. The minimum atomic E-state index is 1.10. The van der Waals surface area contributed by atoms with E-state index in [1.165, 1.54) is 33.3 Å². The van der Waals surface area contributed by atoms with Gasteiger partial charge in [-0.2, -0.15) is 0 Å². The number of aryl methyl sites for hydroxylation is 2. The Bertz CT molecular complexity index is 767. The molecule has 1 aromatic carbocycles. The van der Waals surface area contributed by atoms with E-state index in [2.05, 4.69) is 61.6 Å². The van der Waals surface area contributed by atoms with Crippen molar-refractivity contribution in [3.63, 3.8) is 0 Å². The van der Waals surface area contributed by atoms with Crippen molar-refractivity contribution in [2.24, 2.45) is 0 Å². The molecule has 0 spiro atoms. The Morgan fingerprint density at radius 1 is 0.913 bits per heavy atom. The topological polar surface area (TPSA) is 12.9 Å². The van der Waals surface area contributed by atoms with Gasteiger partial charge in [0, 0.05) is 0 Å². The first-order chi connectivity index (χ1) is 11.3. The molecule has 116 valence electrons. The molecule has 0 aliphatic rings. The maximum atomic E-state index is 4.14. The Morgan fingerprint density at radius 2 is 1.57 bits per heavy atom. The molecule has 0 N–H and O–H groups in total. The molecular weight excluding hydrogens is 297 g/mol. The van der Waals surface area contributed by atoms with Crippen LogP contribution in [-0.4, -0.2) is 11.2 Å². The average molecular weight is 319 g/mol. The number of nitrogens with zero attached hydrogens (tertiary/aromatic N) is 1. The molecule has 2 heterocycles. The van der Waals surface area contributed by atoms with E-state index in [0.29, 0.717) is 0 Å². The van der Waals surface area contributed by atoms with Crippen LogP contribution in [0.25, 0.3) is 22.1 Å². The predicted octanol–water partition coefficient (Wildman–Crippen LogP) is 5.50. The van der Waals surface area contributed by atoms with Crippen molar-refractivity contribution in [1.29, 1.82) is 0 Å². The number of rotatable bonds is 5. The van der Waals surface area contributed by atoms with Gasteiger partial charge in [0.15, 0.2) is 0 Å². The summed E-state index contributed by atoms with van der Waals surface area (Å²) in [6.07, 6.45) is 9.32. The number of hydrogen-bond acceptors (Lipinski definition) is 2. The van der Waals surface area contributed by atoms with Gasteiger partial charge in [-0.15, -0.1) is 0 Å².